The summed E-state index contributed by atoms with van der Waals surface area (Å²) in [6.45, 7) is 0.279. The van der Waals surface area contributed by atoms with E-state index in [9.17, 15) is 4.39 Å². The highest BCUT2D eigenvalue weighted by Gasteiger charge is 2.04. The molecular weight excluding hydrogens is 195 g/mol. The van der Waals surface area contributed by atoms with E-state index in [0.717, 1.165) is 0 Å². The van der Waals surface area contributed by atoms with Gasteiger partial charge in [0, 0.05) is 5.56 Å². The Hall–Kier alpha value is -2.22. The van der Waals surface area contributed by atoms with Gasteiger partial charge in [-0.25, -0.2) is 14.1 Å². The van der Waals surface area contributed by atoms with Crippen molar-refractivity contribution in [3.8, 4) is 6.07 Å². The lowest BCUT2D eigenvalue weighted by Gasteiger charge is -2.02. The highest BCUT2D eigenvalue weighted by molar-refractivity contribution is 5.33. The smallest absolute Gasteiger partial charge is 0.137 e. The van der Waals surface area contributed by atoms with Crippen molar-refractivity contribution in [3.63, 3.8) is 0 Å². The van der Waals surface area contributed by atoms with Crippen LogP contribution in [0.4, 0.5) is 4.39 Å². The second-order valence-corrected chi connectivity index (χ2v) is 3.01. The van der Waals surface area contributed by atoms with Gasteiger partial charge in [0.25, 0.3) is 0 Å². The first kappa shape index (κ1) is 9.34. The van der Waals surface area contributed by atoms with Crippen molar-refractivity contribution >= 4 is 0 Å². The lowest BCUT2D eigenvalue weighted by atomic mass is 10.1. The van der Waals surface area contributed by atoms with Crippen LogP contribution in [-0.2, 0) is 6.54 Å². The Morgan fingerprint density at radius 3 is 3.00 bits per heavy atom. The molecule has 74 valence electrons. The van der Waals surface area contributed by atoms with E-state index in [2.05, 4.69) is 10.1 Å². The summed E-state index contributed by atoms with van der Waals surface area (Å²) in [5.74, 6) is -0.343. The number of nitrogens with zero attached hydrogens (tertiary/aromatic N) is 4. The van der Waals surface area contributed by atoms with Gasteiger partial charge in [-0.05, 0) is 18.2 Å². The monoisotopic (exact) mass is 202 g/mol. The average molecular weight is 202 g/mol. The van der Waals surface area contributed by atoms with Crippen LogP contribution in [0.3, 0.4) is 0 Å². The summed E-state index contributed by atoms with van der Waals surface area (Å²) >= 11 is 0. The van der Waals surface area contributed by atoms with Crippen molar-refractivity contribution in [2.45, 2.75) is 6.54 Å². The van der Waals surface area contributed by atoms with Gasteiger partial charge in [-0.2, -0.15) is 10.4 Å². The standard InChI is InChI=1S/C10H7FN4/c11-10-2-1-8(4-12)3-9(10)5-15-7-13-6-14-15/h1-3,6-7H,5H2. The van der Waals surface area contributed by atoms with Crippen molar-refractivity contribution in [1.82, 2.24) is 14.8 Å². The fourth-order valence-electron chi connectivity index (χ4n) is 1.25. The second kappa shape index (κ2) is 3.88. The highest BCUT2D eigenvalue weighted by Crippen LogP contribution is 2.10. The van der Waals surface area contributed by atoms with Crippen LogP contribution in [0.15, 0.2) is 30.9 Å². The maximum atomic E-state index is 13.3. The van der Waals surface area contributed by atoms with Crippen LogP contribution in [0.5, 0.6) is 0 Å². The number of hydrogen-bond acceptors (Lipinski definition) is 3. The summed E-state index contributed by atoms with van der Waals surface area (Å²) in [5, 5.41) is 12.5. The van der Waals surface area contributed by atoms with Crippen molar-refractivity contribution in [1.29, 1.82) is 5.26 Å². The zero-order valence-electron chi connectivity index (χ0n) is 7.76. The Kier molecular flexibility index (Phi) is 2.42. The molecule has 2 aromatic rings. The molecule has 0 aliphatic heterocycles. The van der Waals surface area contributed by atoms with E-state index in [0.29, 0.717) is 11.1 Å². The number of benzene rings is 1. The molecule has 0 amide bonds. The van der Waals surface area contributed by atoms with E-state index < -0.39 is 0 Å². The Labute approximate surface area is 85.6 Å². The third-order valence-electron chi connectivity index (χ3n) is 1.97. The predicted octanol–water partition coefficient (Wildman–Crippen LogP) is 1.34. The molecule has 0 aliphatic rings. The summed E-state index contributed by atoms with van der Waals surface area (Å²) in [5.41, 5.74) is 0.867. The van der Waals surface area contributed by atoms with Gasteiger partial charge in [-0.3, -0.25) is 0 Å². The van der Waals surface area contributed by atoms with E-state index in [1.807, 2.05) is 6.07 Å². The summed E-state index contributed by atoms with van der Waals surface area (Å²) in [4.78, 5) is 3.75. The van der Waals surface area contributed by atoms with Crippen molar-refractivity contribution in [2.24, 2.45) is 0 Å². The largest absolute Gasteiger partial charge is 0.248 e. The first-order chi connectivity index (χ1) is 7.29. The molecule has 0 saturated heterocycles. The molecule has 1 aromatic heterocycles. The molecular formula is C10H7FN4. The van der Waals surface area contributed by atoms with Crippen LogP contribution in [0.1, 0.15) is 11.1 Å². The average Bonchev–Trinajstić information content (AvgIpc) is 2.74. The fraction of sp³-hybridized carbons (Fsp3) is 0.100. The quantitative estimate of drug-likeness (QED) is 0.738. The Bertz CT molecular complexity index is 499. The Balaban J connectivity index is 2.32. The Morgan fingerprint density at radius 1 is 1.47 bits per heavy atom. The van der Waals surface area contributed by atoms with Gasteiger partial charge >= 0.3 is 0 Å². The molecule has 5 heteroatoms. The van der Waals surface area contributed by atoms with Crippen LogP contribution in [-0.4, -0.2) is 14.8 Å². The Morgan fingerprint density at radius 2 is 2.33 bits per heavy atom. The molecule has 0 radical (unpaired) electrons. The maximum absolute atomic E-state index is 13.3. The summed E-state index contributed by atoms with van der Waals surface area (Å²) in [6, 6.07) is 6.20. The number of hydrogen-bond donors (Lipinski definition) is 0. The minimum Gasteiger partial charge on any atom is -0.248 e. The molecule has 0 atom stereocenters. The number of aromatic nitrogens is 3. The molecule has 0 saturated carbocycles. The number of halogens is 1. The van der Waals surface area contributed by atoms with Gasteiger partial charge in [-0.15, -0.1) is 0 Å². The molecule has 0 bridgehead atoms. The van der Waals surface area contributed by atoms with Crippen LogP contribution in [0.2, 0.25) is 0 Å². The van der Waals surface area contributed by atoms with Gasteiger partial charge in [0.2, 0.25) is 0 Å². The van der Waals surface area contributed by atoms with E-state index in [1.165, 1.54) is 35.5 Å². The van der Waals surface area contributed by atoms with E-state index in [4.69, 9.17) is 5.26 Å². The molecule has 0 aliphatic carbocycles. The predicted molar refractivity (Wildman–Crippen MR) is 50.2 cm³/mol. The maximum Gasteiger partial charge on any atom is 0.137 e. The first-order valence-electron chi connectivity index (χ1n) is 4.30. The van der Waals surface area contributed by atoms with Crippen molar-refractivity contribution < 1.29 is 4.39 Å². The topological polar surface area (TPSA) is 54.5 Å². The first-order valence-corrected chi connectivity index (χ1v) is 4.30. The third-order valence-corrected chi connectivity index (χ3v) is 1.97. The highest BCUT2D eigenvalue weighted by atomic mass is 19.1. The molecule has 0 unspecified atom stereocenters. The van der Waals surface area contributed by atoms with E-state index in [1.54, 1.807) is 0 Å². The van der Waals surface area contributed by atoms with E-state index >= 15 is 0 Å². The molecule has 0 fully saturated rings. The second-order valence-electron chi connectivity index (χ2n) is 3.01. The summed E-state index contributed by atoms with van der Waals surface area (Å²) in [6.07, 6.45) is 2.88. The minimum atomic E-state index is -0.343. The minimum absolute atomic E-state index is 0.279. The van der Waals surface area contributed by atoms with Crippen molar-refractivity contribution in [3.05, 3.63) is 47.8 Å². The van der Waals surface area contributed by atoms with Gasteiger partial charge < -0.3 is 0 Å². The summed E-state index contributed by atoms with van der Waals surface area (Å²) in [7, 11) is 0. The fourth-order valence-corrected chi connectivity index (χ4v) is 1.25. The van der Waals surface area contributed by atoms with Crippen LogP contribution in [0, 0.1) is 17.1 Å². The summed E-state index contributed by atoms with van der Waals surface area (Å²) < 4.78 is 14.8. The normalized spacial score (nSPS) is 9.87. The molecule has 4 nitrogen and oxygen atoms in total. The van der Waals surface area contributed by atoms with E-state index in [-0.39, 0.29) is 12.4 Å². The van der Waals surface area contributed by atoms with Gasteiger partial charge in [-0.1, -0.05) is 0 Å². The van der Waals surface area contributed by atoms with Crippen LogP contribution < -0.4 is 0 Å². The lowest BCUT2D eigenvalue weighted by Crippen LogP contribution is -2.02. The van der Waals surface area contributed by atoms with Gasteiger partial charge in [0.15, 0.2) is 0 Å². The molecule has 0 spiro atoms. The van der Waals surface area contributed by atoms with Crippen LogP contribution >= 0.6 is 0 Å². The molecule has 2 rings (SSSR count). The third kappa shape index (κ3) is 1.99. The zero-order valence-corrected chi connectivity index (χ0v) is 7.76. The molecule has 0 N–H and O–H groups in total. The van der Waals surface area contributed by atoms with Gasteiger partial charge in [0.1, 0.15) is 18.5 Å². The molecule has 15 heavy (non-hydrogen) atoms. The van der Waals surface area contributed by atoms with Crippen molar-refractivity contribution in [2.75, 3.05) is 0 Å². The van der Waals surface area contributed by atoms with Gasteiger partial charge in [0.05, 0.1) is 18.2 Å². The number of rotatable bonds is 2. The SMILES string of the molecule is N#Cc1ccc(F)c(Cn2cncn2)c1. The number of nitriles is 1. The van der Waals surface area contributed by atoms with Crippen LogP contribution in [0.25, 0.3) is 0 Å². The zero-order chi connectivity index (χ0) is 10.7. The molecule has 1 aromatic carbocycles. The lowest BCUT2D eigenvalue weighted by molar-refractivity contribution is 0.584. The molecule has 1 heterocycles.